The average Bonchev–Trinajstić information content (AvgIpc) is 3.17. The predicted molar refractivity (Wildman–Crippen MR) is 117 cm³/mol. The number of hydrogen-bond acceptors (Lipinski definition) is 4. The van der Waals surface area contributed by atoms with Gasteiger partial charge in [-0.3, -0.25) is 4.90 Å². The van der Waals surface area contributed by atoms with E-state index in [1.54, 1.807) is 19.2 Å². The first kappa shape index (κ1) is 20.4. The number of para-hydroxylation sites is 2. The van der Waals surface area contributed by atoms with Crippen LogP contribution in [0.25, 0.3) is 11.3 Å². The largest absolute Gasteiger partial charge is 0.495 e. The fourth-order valence-electron chi connectivity index (χ4n) is 4.15. The Balaban J connectivity index is 1.46. The summed E-state index contributed by atoms with van der Waals surface area (Å²) in [6.07, 6.45) is 0. The maximum atomic E-state index is 13.3. The van der Waals surface area contributed by atoms with Gasteiger partial charge in [0.25, 0.3) is 0 Å². The van der Waals surface area contributed by atoms with Gasteiger partial charge in [-0.1, -0.05) is 12.1 Å². The summed E-state index contributed by atoms with van der Waals surface area (Å²) in [4.78, 5) is 4.80. The van der Waals surface area contributed by atoms with Crippen LogP contribution in [0.3, 0.4) is 0 Å². The smallest absolute Gasteiger partial charge is 0.142 e. The molecule has 1 N–H and O–H groups in total. The summed E-state index contributed by atoms with van der Waals surface area (Å²) >= 11 is 0. The van der Waals surface area contributed by atoms with E-state index >= 15 is 0 Å². The van der Waals surface area contributed by atoms with Gasteiger partial charge in [-0.2, -0.15) is 0 Å². The van der Waals surface area contributed by atoms with Gasteiger partial charge in [0, 0.05) is 50.7 Å². The highest BCUT2D eigenvalue weighted by atomic mass is 19.1. The Hall–Kier alpha value is -2.83. The van der Waals surface area contributed by atoms with Gasteiger partial charge < -0.3 is 19.3 Å². The van der Waals surface area contributed by atoms with Crippen molar-refractivity contribution in [2.24, 2.45) is 0 Å². The second kappa shape index (κ2) is 9.32. The Morgan fingerprint density at radius 3 is 2.37 bits per heavy atom. The number of aliphatic hydroxyl groups is 1. The maximum absolute atomic E-state index is 13.3. The molecule has 0 aliphatic carbocycles. The second-order valence-corrected chi connectivity index (χ2v) is 7.53. The van der Waals surface area contributed by atoms with Crippen LogP contribution in [0.4, 0.5) is 10.1 Å². The summed E-state index contributed by atoms with van der Waals surface area (Å²) in [7, 11) is 1.71. The van der Waals surface area contributed by atoms with Crippen LogP contribution in [0.2, 0.25) is 0 Å². The molecule has 0 radical (unpaired) electrons. The highest BCUT2D eigenvalue weighted by Gasteiger charge is 2.21. The normalized spacial score (nSPS) is 14.8. The second-order valence-electron chi connectivity index (χ2n) is 7.53. The zero-order valence-electron chi connectivity index (χ0n) is 17.3. The summed E-state index contributed by atoms with van der Waals surface area (Å²) in [6, 6.07) is 18.8. The monoisotopic (exact) mass is 409 g/mol. The number of benzene rings is 2. The lowest BCUT2D eigenvalue weighted by Gasteiger charge is -2.36. The van der Waals surface area contributed by atoms with Gasteiger partial charge in [0.15, 0.2) is 0 Å². The SMILES string of the molecule is COc1ccccc1N1CCN(Cc2ccc(-c3ccc(F)cc3)n2CCO)CC1. The van der Waals surface area contributed by atoms with E-state index in [2.05, 4.69) is 32.6 Å². The summed E-state index contributed by atoms with van der Waals surface area (Å²) in [5, 5.41) is 9.58. The third-order valence-electron chi connectivity index (χ3n) is 5.72. The van der Waals surface area contributed by atoms with Crippen LogP contribution in [-0.2, 0) is 13.1 Å². The van der Waals surface area contributed by atoms with Crippen LogP contribution >= 0.6 is 0 Å². The lowest BCUT2D eigenvalue weighted by Crippen LogP contribution is -2.46. The van der Waals surface area contributed by atoms with E-state index in [1.807, 2.05) is 18.2 Å². The van der Waals surface area contributed by atoms with E-state index < -0.39 is 0 Å². The van der Waals surface area contributed by atoms with E-state index in [0.29, 0.717) is 6.54 Å². The molecular weight excluding hydrogens is 381 g/mol. The third kappa shape index (κ3) is 4.35. The van der Waals surface area contributed by atoms with E-state index in [4.69, 9.17) is 4.74 Å². The topological polar surface area (TPSA) is 40.9 Å². The van der Waals surface area contributed by atoms with E-state index in [0.717, 1.165) is 61.1 Å². The van der Waals surface area contributed by atoms with Crippen molar-refractivity contribution in [2.75, 3.05) is 44.8 Å². The molecule has 4 rings (SSSR count). The zero-order valence-corrected chi connectivity index (χ0v) is 17.3. The van der Waals surface area contributed by atoms with Gasteiger partial charge >= 0.3 is 0 Å². The molecule has 3 aromatic rings. The molecule has 1 fully saturated rings. The van der Waals surface area contributed by atoms with Crippen LogP contribution in [0, 0.1) is 5.82 Å². The summed E-state index contributed by atoms with van der Waals surface area (Å²) in [6.45, 7) is 5.19. The molecule has 1 aromatic heterocycles. The van der Waals surface area contributed by atoms with E-state index in [9.17, 15) is 9.50 Å². The molecule has 5 nitrogen and oxygen atoms in total. The van der Waals surface area contributed by atoms with Gasteiger partial charge in [0.05, 0.1) is 19.4 Å². The predicted octanol–water partition coefficient (Wildman–Crippen LogP) is 3.62. The Morgan fingerprint density at radius 2 is 1.67 bits per heavy atom. The molecule has 2 heterocycles. The minimum atomic E-state index is -0.243. The first-order valence-corrected chi connectivity index (χ1v) is 10.3. The molecule has 1 saturated heterocycles. The number of hydrogen-bond donors (Lipinski definition) is 1. The Kier molecular flexibility index (Phi) is 6.35. The number of nitrogens with zero attached hydrogens (tertiary/aromatic N) is 3. The van der Waals surface area contributed by atoms with Crippen LogP contribution in [-0.4, -0.2) is 54.5 Å². The van der Waals surface area contributed by atoms with Crippen LogP contribution < -0.4 is 9.64 Å². The van der Waals surface area contributed by atoms with Crippen molar-refractivity contribution in [3.63, 3.8) is 0 Å². The van der Waals surface area contributed by atoms with E-state index in [-0.39, 0.29) is 12.4 Å². The summed E-state index contributed by atoms with van der Waals surface area (Å²) in [5.74, 6) is 0.666. The molecule has 6 heteroatoms. The molecule has 1 aliphatic rings. The molecule has 0 saturated carbocycles. The van der Waals surface area contributed by atoms with Gasteiger partial charge in [-0.15, -0.1) is 0 Å². The Labute approximate surface area is 176 Å². The number of methoxy groups -OCH3 is 1. The van der Waals surface area contributed by atoms with Gasteiger partial charge in [-0.05, 0) is 54.1 Å². The quantitative estimate of drug-likeness (QED) is 0.647. The summed E-state index contributed by atoms with van der Waals surface area (Å²) in [5.41, 5.74) is 4.26. The minimum absolute atomic E-state index is 0.0669. The molecular formula is C24H28FN3O2. The number of ether oxygens (including phenoxy) is 1. The number of rotatable bonds is 7. The molecule has 1 aliphatic heterocycles. The Morgan fingerprint density at radius 1 is 0.933 bits per heavy atom. The van der Waals surface area contributed by atoms with Crippen molar-refractivity contribution >= 4 is 5.69 Å². The highest BCUT2D eigenvalue weighted by Crippen LogP contribution is 2.29. The molecule has 158 valence electrons. The molecule has 2 aromatic carbocycles. The van der Waals surface area contributed by atoms with E-state index in [1.165, 1.54) is 12.1 Å². The minimum Gasteiger partial charge on any atom is -0.495 e. The van der Waals surface area contributed by atoms with Crippen molar-refractivity contribution < 1.29 is 14.2 Å². The molecule has 0 amide bonds. The standard InChI is InChI=1S/C24H28FN3O2/c1-30-24-5-3-2-4-23(24)27-14-12-26(13-15-27)18-21-10-11-22(28(21)16-17-29)19-6-8-20(25)9-7-19/h2-11,29H,12-18H2,1H3. The van der Waals surface area contributed by atoms with Gasteiger partial charge in [0.1, 0.15) is 11.6 Å². The average molecular weight is 410 g/mol. The van der Waals surface area contributed by atoms with Crippen molar-refractivity contribution in [3.8, 4) is 17.0 Å². The number of anilines is 1. The molecule has 0 spiro atoms. The zero-order chi connectivity index (χ0) is 20.9. The van der Waals surface area contributed by atoms with Crippen molar-refractivity contribution in [2.45, 2.75) is 13.1 Å². The lowest BCUT2D eigenvalue weighted by atomic mass is 10.1. The number of aromatic nitrogens is 1. The highest BCUT2D eigenvalue weighted by molar-refractivity contribution is 5.61. The van der Waals surface area contributed by atoms with Gasteiger partial charge in [0.2, 0.25) is 0 Å². The van der Waals surface area contributed by atoms with Crippen LogP contribution in [0.5, 0.6) is 5.75 Å². The molecule has 0 bridgehead atoms. The number of halogens is 1. The lowest BCUT2D eigenvalue weighted by molar-refractivity contribution is 0.236. The van der Waals surface area contributed by atoms with Gasteiger partial charge in [-0.25, -0.2) is 4.39 Å². The number of aliphatic hydroxyl groups excluding tert-OH is 1. The fraction of sp³-hybridized carbons (Fsp3) is 0.333. The van der Waals surface area contributed by atoms with Crippen molar-refractivity contribution in [3.05, 3.63) is 72.2 Å². The first-order valence-electron chi connectivity index (χ1n) is 10.3. The first-order chi connectivity index (χ1) is 14.7. The summed E-state index contributed by atoms with van der Waals surface area (Å²) < 4.78 is 21.0. The van der Waals surface area contributed by atoms with Crippen molar-refractivity contribution in [1.29, 1.82) is 0 Å². The van der Waals surface area contributed by atoms with Crippen molar-refractivity contribution in [1.82, 2.24) is 9.47 Å². The Bertz CT molecular complexity index is 963. The maximum Gasteiger partial charge on any atom is 0.142 e. The number of piperazine rings is 1. The third-order valence-corrected chi connectivity index (χ3v) is 5.72. The van der Waals surface area contributed by atoms with Crippen LogP contribution in [0.1, 0.15) is 5.69 Å². The molecule has 0 unspecified atom stereocenters. The van der Waals surface area contributed by atoms with Crippen LogP contribution in [0.15, 0.2) is 60.7 Å². The fourth-order valence-corrected chi connectivity index (χ4v) is 4.15. The molecule has 0 atom stereocenters. The molecule has 30 heavy (non-hydrogen) atoms.